The molecule has 0 aromatic carbocycles. The zero-order chi connectivity index (χ0) is 27.2. The van der Waals surface area contributed by atoms with Crippen molar-refractivity contribution in [2.75, 3.05) is 6.54 Å². The van der Waals surface area contributed by atoms with E-state index in [4.69, 9.17) is 0 Å². The Labute approximate surface area is 228 Å². The number of hydrogen-bond acceptors (Lipinski definition) is 4. The monoisotopic (exact) mass is 524 g/mol. The molecule has 0 radical (unpaired) electrons. The zero-order valence-corrected chi connectivity index (χ0v) is 23.9. The van der Waals surface area contributed by atoms with Gasteiger partial charge in [0, 0.05) is 13.0 Å². The van der Waals surface area contributed by atoms with Gasteiger partial charge in [-0.05, 0) is 98.2 Å². The number of nitrogens with one attached hydrogen (secondary N) is 2. The fourth-order valence-electron chi connectivity index (χ4n) is 9.46. The summed E-state index contributed by atoms with van der Waals surface area (Å²) in [5.74, 6) is 2.42. The van der Waals surface area contributed by atoms with Gasteiger partial charge in [-0.15, -0.1) is 0 Å². The fourth-order valence-corrected chi connectivity index (χ4v) is 9.46. The smallest absolute Gasteiger partial charge is 0.246 e. The van der Waals surface area contributed by atoms with E-state index in [-0.39, 0.29) is 29.1 Å². The number of carbonyl (C=O) groups excluding carboxylic acids is 3. The number of carbonyl (C=O) groups is 3. The molecule has 1 heterocycles. The van der Waals surface area contributed by atoms with Crippen LogP contribution in [0.15, 0.2) is 0 Å². The number of fused-ring (bicyclic) bond motifs is 1. The number of hydrogen-bond donors (Lipinski definition) is 2. The summed E-state index contributed by atoms with van der Waals surface area (Å²) in [5.41, 5.74) is -0.368. The highest BCUT2D eigenvalue weighted by molar-refractivity contribution is 5.93. The molecule has 5 aliphatic carbocycles. The molecule has 5 atom stereocenters. The van der Waals surface area contributed by atoms with Crippen molar-refractivity contribution in [3.8, 4) is 6.07 Å². The molecule has 5 saturated carbocycles. The van der Waals surface area contributed by atoms with Crippen molar-refractivity contribution in [1.82, 2.24) is 15.5 Å². The molecule has 7 nitrogen and oxygen atoms in total. The van der Waals surface area contributed by atoms with E-state index in [9.17, 15) is 19.6 Å². The van der Waals surface area contributed by atoms with Crippen molar-refractivity contribution in [2.45, 2.75) is 123 Å². The van der Waals surface area contributed by atoms with Crippen LogP contribution in [-0.4, -0.2) is 47.3 Å². The molecule has 1 aliphatic heterocycles. The molecule has 6 rings (SSSR count). The summed E-state index contributed by atoms with van der Waals surface area (Å²) < 4.78 is 0. The van der Waals surface area contributed by atoms with E-state index in [1.165, 1.54) is 19.3 Å². The molecule has 1 saturated heterocycles. The van der Waals surface area contributed by atoms with E-state index in [2.05, 4.69) is 16.7 Å². The van der Waals surface area contributed by atoms with Crippen LogP contribution in [0, 0.1) is 51.8 Å². The largest absolute Gasteiger partial charge is 0.344 e. The second-order valence-corrected chi connectivity index (χ2v) is 14.7. The maximum absolute atomic E-state index is 14.2. The Hall–Kier alpha value is -2.10. The lowest BCUT2D eigenvalue weighted by Crippen LogP contribution is -2.59. The molecule has 6 aliphatic rings. The molecule has 210 valence electrons. The van der Waals surface area contributed by atoms with Gasteiger partial charge in [0.15, 0.2) is 0 Å². The Morgan fingerprint density at radius 1 is 1.03 bits per heavy atom. The fraction of sp³-hybridized carbons (Fsp3) is 0.871. The molecule has 3 amide bonds. The molecule has 38 heavy (non-hydrogen) atoms. The molecule has 4 bridgehead atoms. The van der Waals surface area contributed by atoms with Gasteiger partial charge in [-0.2, -0.15) is 5.26 Å². The number of nitrogens with zero attached hydrogens (tertiary/aromatic N) is 2. The molecule has 0 aromatic rings. The van der Waals surface area contributed by atoms with Crippen molar-refractivity contribution in [3.05, 3.63) is 0 Å². The van der Waals surface area contributed by atoms with E-state index in [1.807, 2.05) is 27.7 Å². The van der Waals surface area contributed by atoms with Gasteiger partial charge in [0.25, 0.3) is 0 Å². The SMILES string of the molecule is CCC[C@@H](C#N)NC(=O)[C@@H]1[C@H]2CCC[C@H]2CN1C(=O)[C@@H](NC(=O)CC12CC3CC(CC(C3)C1)C2)C(C)(C)C. The van der Waals surface area contributed by atoms with Crippen LogP contribution in [0.4, 0.5) is 0 Å². The van der Waals surface area contributed by atoms with Crippen LogP contribution in [0.5, 0.6) is 0 Å². The first-order valence-corrected chi connectivity index (χ1v) is 15.3. The average Bonchev–Trinajstić information content (AvgIpc) is 3.41. The summed E-state index contributed by atoms with van der Waals surface area (Å²) in [6.07, 6.45) is 12.5. The molecule has 0 aromatic heterocycles. The van der Waals surface area contributed by atoms with E-state index in [0.29, 0.717) is 25.3 Å². The van der Waals surface area contributed by atoms with Crippen molar-refractivity contribution in [1.29, 1.82) is 5.26 Å². The third-order valence-corrected chi connectivity index (χ3v) is 10.6. The van der Waals surface area contributed by atoms with Gasteiger partial charge in [0.1, 0.15) is 18.1 Å². The first kappa shape index (κ1) is 27.5. The molecular weight excluding hydrogens is 476 g/mol. The van der Waals surface area contributed by atoms with Crippen LogP contribution >= 0.6 is 0 Å². The summed E-state index contributed by atoms with van der Waals surface area (Å²) in [6.45, 7) is 8.55. The summed E-state index contributed by atoms with van der Waals surface area (Å²) in [4.78, 5) is 43.0. The van der Waals surface area contributed by atoms with Crippen LogP contribution in [-0.2, 0) is 14.4 Å². The van der Waals surface area contributed by atoms with Gasteiger partial charge in [-0.25, -0.2) is 0 Å². The minimum absolute atomic E-state index is 0.00638. The van der Waals surface area contributed by atoms with E-state index >= 15 is 0 Å². The lowest BCUT2D eigenvalue weighted by molar-refractivity contribution is -0.146. The number of rotatable bonds is 8. The highest BCUT2D eigenvalue weighted by Crippen LogP contribution is 2.61. The Morgan fingerprint density at radius 2 is 1.66 bits per heavy atom. The van der Waals surface area contributed by atoms with Gasteiger partial charge in [0.2, 0.25) is 17.7 Å². The molecule has 6 fully saturated rings. The molecule has 0 unspecified atom stereocenters. The minimum Gasteiger partial charge on any atom is -0.344 e. The predicted octanol–water partition coefficient (Wildman–Crippen LogP) is 4.56. The Kier molecular flexibility index (Phi) is 7.57. The average molecular weight is 525 g/mol. The van der Waals surface area contributed by atoms with E-state index < -0.39 is 23.5 Å². The van der Waals surface area contributed by atoms with E-state index in [1.54, 1.807) is 4.90 Å². The predicted molar refractivity (Wildman–Crippen MR) is 145 cm³/mol. The van der Waals surface area contributed by atoms with Gasteiger partial charge in [-0.3, -0.25) is 14.4 Å². The van der Waals surface area contributed by atoms with Gasteiger partial charge < -0.3 is 15.5 Å². The summed E-state index contributed by atoms with van der Waals surface area (Å²) >= 11 is 0. The highest BCUT2D eigenvalue weighted by Gasteiger charge is 2.54. The second kappa shape index (κ2) is 10.5. The molecule has 2 N–H and O–H groups in total. The quantitative estimate of drug-likeness (QED) is 0.486. The maximum atomic E-state index is 14.2. The van der Waals surface area contributed by atoms with Gasteiger partial charge in [-0.1, -0.05) is 40.5 Å². The summed E-state index contributed by atoms with van der Waals surface area (Å²) in [5, 5.41) is 15.6. The summed E-state index contributed by atoms with van der Waals surface area (Å²) in [7, 11) is 0. The Bertz CT molecular complexity index is 943. The normalized spacial score (nSPS) is 36.9. The van der Waals surface area contributed by atoms with Crippen molar-refractivity contribution < 1.29 is 14.4 Å². The third-order valence-electron chi connectivity index (χ3n) is 10.6. The lowest BCUT2D eigenvalue weighted by atomic mass is 9.49. The minimum atomic E-state index is -0.680. The van der Waals surface area contributed by atoms with Gasteiger partial charge in [0.05, 0.1) is 6.07 Å². The topological polar surface area (TPSA) is 102 Å². The van der Waals surface area contributed by atoms with Crippen LogP contribution in [0.2, 0.25) is 0 Å². The Balaban J connectivity index is 1.31. The Morgan fingerprint density at radius 3 is 2.21 bits per heavy atom. The molecule has 7 heteroatoms. The van der Waals surface area contributed by atoms with Crippen LogP contribution in [0.1, 0.15) is 105 Å². The first-order valence-electron chi connectivity index (χ1n) is 15.3. The maximum Gasteiger partial charge on any atom is 0.246 e. The third kappa shape index (κ3) is 5.34. The second-order valence-electron chi connectivity index (χ2n) is 14.7. The number of amides is 3. The zero-order valence-electron chi connectivity index (χ0n) is 23.9. The van der Waals surface area contributed by atoms with E-state index in [0.717, 1.165) is 62.7 Å². The van der Waals surface area contributed by atoms with Crippen LogP contribution in [0.25, 0.3) is 0 Å². The van der Waals surface area contributed by atoms with Crippen molar-refractivity contribution >= 4 is 17.7 Å². The first-order chi connectivity index (χ1) is 18.0. The van der Waals surface area contributed by atoms with Gasteiger partial charge >= 0.3 is 0 Å². The number of likely N-dealkylation sites (tertiary alicyclic amines) is 1. The standard InChI is InChI=1S/C31H48N4O3/c1-5-7-23(17-32)33-28(37)26-24-9-6-8-22(24)18-35(26)29(38)27(30(2,3)4)34-25(36)16-31-13-19-10-20(14-31)12-21(11-19)15-31/h19-24,26-27H,5-16,18H2,1-4H3,(H,33,37)(H,34,36)/t19?,20?,21?,22-,23-,24-,26-,27+,31?/m0/s1. The number of nitriles is 1. The van der Waals surface area contributed by atoms with Crippen molar-refractivity contribution in [3.63, 3.8) is 0 Å². The van der Waals surface area contributed by atoms with Crippen LogP contribution < -0.4 is 10.6 Å². The van der Waals surface area contributed by atoms with Crippen molar-refractivity contribution in [2.24, 2.45) is 40.4 Å². The summed E-state index contributed by atoms with van der Waals surface area (Å²) in [6, 6.07) is 0.422. The lowest BCUT2D eigenvalue weighted by Gasteiger charge is -2.56. The molecule has 0 spiro atoms. The molecular formula is C31H48N4O3. The van der Waals surface area contributed by atoms with Crippen LogP contribution in [0.3, 0.4) is 0 Å². The highest BCUT2D eigenvalue weighted by atomic mass is 16.2.